The van der Waals surface area contributed by atoms with E-state index < -0.39 is 0 Å². The van der Waals surface area contributed by atoms with E-state index in [4.69, 9.17) is 10.3 Å². The number of halogens is 1. The number of carbonyl (C=O) groups is 1. The molecule has 1 saturated carbocycles. The van der Waals surface area contributed by atoms with Crippen molar-refractivity contribution in [3.8, 4) is 0 Å². The number of nitrogens with one attached hydrogen (secondary N) is 1. The van der Waals surface area contributed by atoms with Crippen LogP contribution in [0.4, 0.5) is 0 Å². The number of nitrogens with two attached hydrogens (primary N) is 1. The standard InChI is InChI=1S/C17H30N4O2.ClH/c1-2-7-15-20-17(23-21-15)11-6-10-16(22)19-14(12-18)13-8-4-3-5-9-13;/h13-14H,2-12,18H2,1H3,(H,19,22);1H. The van der Waals surface area contributed by atoms with Gasteiger partial charge in [-0.15, -0.1) is 12.4 Å². The Hall–Kier alpha value is -1.14. The van der Waals surface area contributed by atoms with E-state index in [1.165, 1.54) is 32.1 Å². The lowest BCUT2D eigenvalue weighted by molar-refractivity contribution is -0.122. The summed E-state index contributed by atoms with van der Waals surface area (Å²) in [6, 6.07) is 0.127. The number of nitrogens with zero attached hydrogens (tertiary/aromatic N) is 2. The Bertz CT molecular complexity index is 475. The van der Waals surface area contributed by atoms with Crippen molar-refractivity contribution < 1.29 is 9.32 Å². The van der Waals surface area contributed by atoms with Gasteiger partial charge in [-0.25, -0.2) is 0 Å². The van der Waals surface area contributed by atoms with Gasteiger partial charge in [-0.1, -0.05) is 31.3 Å². The summed E-state index contributed by atoms with van der Waals surface area (Å²) in [5.41, 5.74) is 5.85. The second-order valence-electron chi connectivity index (χ2n) is 6.52. The van der Waals surface area contributed by atoms with Crippen molar-refractivity contribution in [2.24, 2.45) is 11.7 Å². The predicted octanol–water partition coefficient (Wildman–Crippen LogP) is 2.79. The molecule has 0 saturated heterocycles. The van der Waals surface area contributed by atoms with Crippen LogP contribution in [0.25, 0.3) is 0 Å². The molecule has 1 aliphatic carbocycles. The zero-order valence-electron chi connectivity index (χ0n) is 14.6. The summed E-state index contributed by atoms with van der Waals surface area (Å²) in [5.74, 6) is 2.01. The molecule has 1 aromatic heterocycles. The second kappa shape index (κ2) is 11.4. The van der Waals surface area contributed by atoms with Gasteiger partial charge in [0.05, 0.1) is 0 Å². The molecule has 1 atom stereocenters. The van der Waals surface area contributed by atoms with Crippen molar-refractivity contribution in [1.29, 1.82) is 0 Å². The van der Waals surface area contributed by atoms with Gasteiger partial charge in [0, 0.05) is 31.8 Å². The van der Waals surface area contributed by atoms with Crippen LogP contribution in [-0.2, 0) is 17.6 Å². The summed E-state index contributed by atoms with van der Waals surface area (Å²) >= 11 is 0. The van der Waals surface area contributed by atoms with Gasteiger partial charge in [0.15, 0.2) is 5.82 Å². The van der Waals surface area contributed by atoms with Crippen LogP contribution in [0.3, 0.4) is 0 Å². The molecule has 1 aromatic rings. The SMILES string of the molecule is CCCc1noc(CCCC(=O)NC(CN)C2CCCCC2)n1.Cl. The first kappa shape index (κ1) is 20.9. The molecule has 0 aromatic carbocycles. The Labute approximate surface area is 150 Å². The van der Waals surface area contributed by atoms with Crippen molar-refractivity contribution in [1.82, 2.24) is 15.5 Å². The topological polar surface area (TPSA) is 94.0 Å². The minimum absolute atomic E-state index is 0. The third-order valence-corrected chi connectivity index (χ3v) is 4.60. The van der Waals surface area contributed by atoms with Gasteiger partial charge in [0.25, 0.3) is 0 Å². The van der Waals surface area contributed by atoms with Gasteiger partial charge < -0.3 is 15.6 Å². The lowest BCUT2D eigenvalue weighted by atomic mass is 9.84. The van der Waals surface area contributed by atoms with E-state index in [9.17, 15) is 4.79 Å². The van der Waals surface area contributed by atoms with Crippen molar-refractivity contribution in [2.75, 3.05) is 6.54 Å². The minimum atomic E-state index is 0. The van der Waals surface area contributed by atoms with E-state index in [2.05, 4.69) is 22.4 Å². The molecule has 1 fully saturated rings. The molecule has 0 radical (unpaired) electrons. The van der Waals surface area contributed by atoms with Crippen LogP contribution >= 0.6 is 12.4 Å². The van der Waals surface area contributed by atoms with E-state index in [0.29, 0.717) is 31.2 Å². The number of hydrogen-bond donors (Lipinski definition) is 2. The van der Waals surface area contributed by atoms with E-state index in [-0.39, 0.29) is 24.4 Å². The van der Waals surface area contributed by atoms with E-state index in [1.807, 2.05) is 0 Å². The van der Waals surface area contributed by atoms with Gasteiger partial charge in [0.2, 0.25) is 11.8 Å². The van der Waals surface area contributed by atoms with Gasteiger partial charge in [0.1, 0.15) is 0 Å². The van der Waals surface area contributed by atoms with Crippen LogP contribution in [-0.4, -0.2) is 28.6 Å². The molecular weight excluding hydrogens is 328 g/mol. The molecule has 1 unspecified atom stereocenters. The Kier molecular flexibility index (Phi) is 9.95. The third kappa shape index (κ3) is 6.77. The first-order valence-corrected chi connectivity index (χ1v) is 9.03. The van der Waals surface area contributed by atoms with E-state index in [0.717, 1.165) is 25.1 Å². The molecule has 1 aliphatic rings. The van der Waals surface area contributed by atoms with Gasteiger partial charge in [-0.05, 0) is 31.6 Å². The number of hydrogen-bond acceptors (Lipinski definition) is 5. The predicted molar refractivity (Wildman–Crippen MR) is 96.0 cm³/mol. The molecule has 1 amide bonds. The first-order valence-electron chi connectivity index (χ1n) is 9.03. The zero-order chi connectivity index (χ0) is 16.5. The first-order chi connectivity index (χ1) is 11.2. The summed E-state index contributed by atoms with van der Waals surface area (Å²) in [4.78, 5) is 16.4. The Balaban J connectivity index is 0.00000288. The van der Waals surface area contributed by atoms with Crippen molar-refractivity contribution in [3.05, 3.63) is 11.7 Å². The highest BCUT2D eigenvalue weighted by atomic mass is 35.5. The van der Waals surface area contributed by atoms with Crippen LogP contribution in [0.1, 0.15) is 70.0 Å². The summed E-state index contributed by atoms with van der Waals surface area (Å²) in [6.07, 6.45) is 9.90. The smallest absolute Gasteiger partial charge is 0.226 e. The molecule has 1 heterocycles. The van der Waals surface area contributed by atoms with Crippen LogP contribution in [0, 0.1) is 5.92 Å². The van der Waals surface area contributed by atoms with Crippen LogP contribution < -0.4 is 11.1 Å². The van der Waals surface area contributed by atoms with Crippen LogP contribution in [0.2, 0.25) is 0 Å². The normalized spacial score (nSPS) is 16.4. The second-order valence-corrected chi connectivity index (χ2v) is 6.52. The molecule has 0 bridgehead atoms. The quantitative estimate of drug-likeness (QED) is 0.707. The molecule has 0 aliphatic heterocycles. The van der Waals surface area contributed by atoms with Gasteiger partial charge in [-0.3, -0.25) is 4.79 Å². The van der Waals surface area contributed by atoms with E-state index in [1.54, 1.807) is 0 Å². The lowest BCUT2D eigenvalue weighted by Gasteiger charge is -2.30. The number of rotatable bonds is 9. The summed E-state index contributed by atoms with van der Waals surface area (Å²) < 4.78 is 5.18. The fourth-order valence-corrected chi connectivity index (χ4v) is 3.30. The maximum Gasteiger partial charge on any atom is 0.226 e. The molecule has 3 N–H and O–H groups in total. The molecule has 0 spiro atoms. The molecular formula is C17H31ClN4O2. The largest absolute Gasteiger partial charge is 0.352 e. The fraction of sp³-hybridized carbons (Fsp3) is 0.824. The molecule has 6 nitrogen and oxygen atoms in total. The maximum absolute atomic E-state index is 12.1. The number of aryl methyl sites for hydroxylation is 2. The lowest BCUT2D eigenvalue weighted by Crippen LogP contribution is -2.45. The van der Waals surface area contributed by atoms with Crippen LogP contribution in [0.15, 0.2) is 4.52 Å². The molecule has 138 valence electrons. The maximum atomic E-state index is 12.1. The highest BCUT2D eigenvalue weighted by Gasteiger charge is 2.23. The Morgan fingerprint density at radius 2 is 2.08 bits per heavy atom. The summed E-state index contributed by atoms with van der Waals surface area (Å²) in [7, 11) is 0. The van der Waals surface area contributed by atoms with E-state index >= 15 is 0 Å². The fourth-order valence-electron chi connectivity index (χ4n) is 3.30. The molecule has 2 rings (SSSR count). The third-order valence-electron chi connectivity index (χ3n) is 4.60. The zero-order valence-corrected chi connectivity index (χ0v) is 15.4. The monoisotopic (exact) mass is 358 g/mol. The molecule has 7 heteroatoms. The summed E-state index contributed by atoms with van der Waals surface area (Å²) in [6.45, 7) is 2.61. The highest BCUT2D eigenvalue weighted by molar-refractivity contribution is 5.85. The highest BCUT2D eigenvalue weighted by Crippen LogP contribution is 2.26. The molecule has 24 heavy (non-hydrogen) atoms. The van der Waals surface area contributed by atoms with Crippen molar-refractivity contribution >= 4 is 18.3 Å². The number of aromatic nitrogens is 2. The average Bonchev–Trinajstić information content (AvgIpc) is 3.01. The summed E-state index contributed by atoms with van der Waals surface area (Å²) in [5, 5.41) is 7.04. The average molecular weight is 359 g/mol. The Morgan fingerprint density at radius 1 is 1.33 bits per heavy atom. The number of carbonyl (C=O) groups excluding carboxylic acids is 1. The minimum Gasteiger partial charge on any atom is -0.352 e. The Morgan fingerprint density at radius 3 is 2.75 bits per heavy atom. The number of amides is 1. The van der Waals surface area contributed by atoms with Crippen LogP contribution in [0.5, 0.6) is 0 Å². The van der Waals surface area contributed by atoms with Crippen molar-refractivity contribution in [2.45, 2.75) is 77.2 Å². The van der Waals surface area contributed by atoms with Crippen molar-refractivity contribution in [3.63, 3.8) is 0 Å². The van der Waals surface area contributed by atoms with Gasteiger partial charge >= 0.3 is 0 Å². The van der Waals surface area contributed by atoms with Gasteiger partial charge in [-0.2, -0.15) is 4.98 Å².